The molecule has 0 amide bonds. The van der Waals surface area contributed by atoms with Gasteiger partial charge in [-0.1, -0.05) is 17.9 Å². The first kappa shape index (κ1) is 13.8. The Balaban J connectivity index is 1.94. The molecule has 2 heterocycles. The number of rotatable bonds is 4. The van der Waals surface area contributed by atoms with Crippen molar-refractivity contribution in [3.8, 4) is 17.6 Å². The van der Waals surface area contributed by atoms with E-state index in [1.165, 1.54) is 6.07 Å². The fourth-order valence-corrected chi connectivity index (χ4v) is 1.61. The summed E-state index contributed by atoms with van der Waals surface area (Å²) in [4.78, 5) is 15.5. The lowest BCUT2D eigenvalue weighted by atomic mass is 10.3. The summed E-state index contributed by atoms with van der Waals surface area (Å²) in [7, 11) is 0. The minimum Gasteiger partial charge on any atom is -0.490 e. The molecule has 102 valence electrons. The second-order valence-electron chi connectivity index (χ2n) is 3.95. The monoisotopic (exact) mass is 270 g/mol. The van der Waals surface area contributed by atoms with Crippen LogP contribution in [-0.2, 0) is 6.54 Å². The van der Waals surface area contributed by atoms with Crippen molar-refractivity contribution < 1.29 is 9.84 Å². The molecule has 0 atom stereocenters. The van der Waals surface area contributed by atoms with Crippen LogP contribution in [0.3, 0.4) is 0 Å². The van der Waals surface area contributed by atoms with E-state index in [1.54, 1.807) is 41.4 Å². The first-order chi connectivity index (χ1) is 9.79. The third kappa shape index (κ3) is 3.97. The molecule has 0 aliphatic heterocycles. The maximum Gasteiger partial charge on any atom is 0.250 e. The third-order valence-electron chi connectivity index (χ3n) is 2.52. The Morgan fingerprint density at radius 3 is 3.05 bits per heavy atom. The second kappa shape index (κ2) is 7.12. The summed E-state index contributed by atoms with van der Waals surface area (Å²) in [5, 5.41) is 8.63. The normalized spacial score (nSPS) is 9.65. The number of nitrogens with zero attached hydrogens (tertiary/aromatic N) is 2. The molecule has 20 heavy (non-hydrogen) atoms. The molecule has 0 aromatic carbocycles. The zero-order valence-electron chi connectivity index (χ0n) is 10.8. The Kier molecular flexibility index (Phi) is 4.93. The predicted octanol–water partition coefficient (Wildman–Crippen LogP) is 0.666. The van der Waals surface area contributed by atoms with Crippen LogP contribution in [0.2, 0.25) is 0 Å². The maximum absolute atomic E-state index is 11.5. The Morgan fingerprint density at radius 2 is 2.25 bits per heavy atom. The van der Waals surface area contributed by atoms with Crippen LogP contribution >= 0.6 is 0 Å². The Hall–Kier alpha value is -2.58. The highest BCUT2D eigenvalue weighted by molar-refractivity contribution is 5.36. The molecule has 0 bridgehead atoms. The fraction of sp³-hybridized carbons (Fsp3) is 0.200. The van der Waals surface area contributed by atoms with Gasteiger partial charge in [-0.25, -0.2) is 0 Å². The van der Waals surface area contributed by atoms with E-state index in [2.05, 4.69) is 16.8 Å². The van der Waals surface area contributed by atoms with Gasteiger partial charge in [-0.15, -0.1) is 0 Å². The van der Waals surface area contributed by atoms with Crippen molar-refractivity contribution in [3.63, 3.8) is 0 Å². The third-order valence-corrected chi connectivity index (χ3v) is 2.52. The minimum atomic E-state index is -0.192. The van der Waals surface area contributed by atoms with E-state index in [9.17, 15) is 4.79 Å². The van der Waals surface area contributed by atoms with Crippen molar-refractivity contribution in [1.82, 2.24) is 9.55 Å². The molecule has 2 aromatic rings. The van der Waals surface area contributed by atoms with Gasteiger partial charge in [0.15, 0.2) is 0 Å². The van der Waals surface area contributed by atoms with Crippen molar-refractivity contribution in [1.29, 1.82) is 0 Å². The molecule has 2 aromatic heterocycles. The largest absolute Gasteiger partial charge is 0.490 e. The van der Waals surface area contributed by atoms with E-state index < -0.39 is 0 Å². The van der Waals surface area contributed by atoms with Gasteiger partial charge in [-0.3, -0.25) is 9.78 Å². The van der Waals surface area contributed by atoms with Gasteiger partial charge >= 0.3 is 0 Å². The average molecular weight is 270 g/mol. The van der Waals surface area contributed by atoms with Crippen LogP contribution in [0, 0.1) is 11.8 Å². The lowest BCUT2D eigenvalue weighted by molar-refractivity contribution is 0.295. The van der Waals surface area contributed by atoms with Crippen LogP contribution in [0.5, 0.6) is 5.75 Å². The van der Waals surface area contributed by atoms with Crippen LogP contribution in [0.4, 0.5) is 0 Å². The molecular formula is C15H14N2O3. The van der Waals surface area contributed by atoms with Crippen molar-refractivity contribution in [3.05, 3.63) is 58.8 Å². The molecule has 0 radical (unpaired) electrons. The van der Waals surface area contributed by atoms with Crippen molar-refractivity contribution in [2.24, 2.45) is 0 Å². The summed E-state index contributed by atoms with van der Waals surface area (Å²) in [5.41, 5.74) is 0.616. The van der Waals surface area contributed by atoms with Crippen LogP contribution < -0.4 is 10.3 Å². The molecule has 0 saturated carbocycles. The zero-order valence-corrected chi connectivity index (χ0v) is 10.8. The number of hydrogen-bond acceptors (Lipinski definition) is 4. The molecule has 0 saturated heterocycles. The van der Waals surface area contributed by atoms with Crippen molar-refractivity contribution in [2.75, 3.05) is 13.2 Å². The molecule has 2 rings (SSSR count). The van der Waals surface area contributed by atoms with Gasteiger partial charge in [0.1, 0.15) is 19.0 Å². The molecule has 5 heteroatoms. The lowest BCUT2D eigenvalue weighted by Crippen LogP contribution is -2.21. The SMILES string of the molecule is O=c1ccccn1CCOc1cncc(C#CCO)c1. The number of ether oxygens (including phenoxy) is 1. The first-order valence-corrected chi connectivity index (χ1v) is 6.12. The van der Waals surface area contributed by atoms with Gasteiger partial charge in [0.05, 0.1) is 12.7 Å². The quantitative estimate of drug-likeness (QED) is 0.829. The summed E-state index contributed by atoms with van der Waals surface area (Å²) in [5.74, 6) is 5.88. The van der Waals surface area contributed by atoms with Gasteiger partial charge in [-0.2, -0.15) is 0 Å². The Bertz CT molecular complexity index is 683. The van der Waals surface area contributed by atoms with Gasteiger partial charge in [0, 0.05) is 24.0 Å². The van der Waals surface area contributed by atoms with E-state index >= 15 is 0 Å². The van der Waals surface area contributed by atoms with E-state index in [0.717, 1.165) is 0 Å². The van der Waals surface area contributed by atoms with Crippen LogP contribution in [0.25, 0.3) is 0 Å². The summed E-state index contributed by atoms with van der Waals surface area (Å²) in [6.07, 6.45) is 4.89. The standard InChI is InChI=1S/C15H14N2O3/c18-8-3-4-13-10-14(12-16-11-13)20-9-7-17-6-2-1-5-15(17)19/h1-2,5-6,10-12,18H,7-9H2. The topological polar surface area (TPSA) is 64.4 Å². The molecule has 1 N–H and O–H groups in total. The molecular weight excluding hydrogens is 256 g/mol. The Morgan fingerprint density at radius 1 is 1.35 bits per heavy atom. The summed E-state index contributed by atoms with van der Waals surface area (Å²) in [6, 6.07) is 6.75. The van der Waals surface area contributed by atoms with E-state index in [1.807, 2.05) is 0 Å². The number of aliphatic hydroxyl groups is 1. The number of aliphatic hydroxyl groups excluding tert-OH is 1. The fourth-order valence-electron chi connectivity index (χ4n) is 1.61. The lowest BCUT2D eigenvalue weighted by Gasteiger charge is -2.07. The van der Waals surface area contributed by atoms with Gasteiger partial charge in [0.25, 0.3) is 5.56 Å². The second-order valence-corrected chi connectivity index (χ2v) is 3.95. The molecule has 0 unspecified atom stereocenters. The molecule has 0 aliphatic carbocycles. The van der Waals surface area contributed by atoms with E-state index in [0.29, 0.717) is 24.5 Å². The number of pyridine rings is 2. The zero-order chi connectivity index (χ0) is 14.2. The molecule has 0 spiro atoms. The smallest absolute Gasteiger partial charge is 0.250 e. The van der Waals surface area contributed by atoms with Crippen LogP contribution in [0.1, 0.15) is 5.56 Å². The van der Waals surface area contributed by atoms with E-state index in [4.69, 9.17) is 9.84 Å². The van der Waals surface area contributed by atoms with Gasteiger partial charge < -0.3 is 14.4 Å². The maximum atomic E-state index is 11.5. The summed E-state index contributed by atoms with van der Waals surface area (Å²) >= 11 is 0. The summed E-state index contributed by atoms with van der Waals surface area (Å²) < 4.78 is 7.11. The average Bonchev–Trinajstić information content (AvgIpc) is 2.48. The van der Waals surface area contributed by atoms with Gasteiger partial charge in [-0.05, 0) is 12.1 Å². The summed E-state index contributed by atoms with van der Waals surface area (Å²) in [6.45, 7) is 0.636. The molecule has 0 aliphatic rings. The Labute approximate surface area is 116 Å². The number of hydrogen-bond donors (Lipinski definition) is 1. The van der Waals surface area contributed by atoms with Crippen LogP contribution in [-0.4, -0.2) is 27.9 Å². The van der Waals surface area contributed by atoms with Crippen molar-refractivity contribution >= 4 is 0 Å². The minimum absolute atomic E-state index is 0.0585. The van der Waals surface area contributed by atoms with Gasteiger partial charge in [0.2, 0.25) is 0 Å². The highest BCUT2D eigenvalue weighted by Crippen LogP contribution is 2.10. The highest BCUT2D eigenvalue weighted by atomic mass is 16.5. The highest BCUT2D eigenvalue weighted by Gasteiger charge is 1.98. The molecule has 0 fully saturated rings. The molecule has 5 nitrogen and oxygen atoms in total. The predicted molar refractivity (Wildman–Crippen MR) is 74.4 cm³/mol. The van der Waals surface area contributed by atoms with Crippen LogP contribution in [0.15, 0.2) is 47.7 Å². The first-order valence-electron chi connectivity index (χ1n) is 6.12. The number of aromatic nitrogens is 2. The van der Waals surface area contributed by atoms with E-state index in [-0.39, 0.29) is 12.2 Å². The van der Waals surface area contributed by atoms with Crippen molar-refractivity contribution in [2.45, 2.75) is 6.54 Å².